The summed E-state index contributed by atoms with van der Waals surface area (Å²) in [5.74, 6) is 0.415. The number of benzene rings is 3. The molecule has 0 spiro atoms. The van der Waals surface area contributed by atoms with Gasteiger partial charge in [0.2, 0.25) is 0 Å². The lowest BCUT2D eigenvalue weighted by Crippen LogP contribution is -2.53. The zero-order chi connectivity index (χ0) is 28.6. The molecule has 0 saturated carbocycles. The van der Waals surface area contributed by atoms with Crippen LogP contribution in [-0.2, 0) is 22.7 Å². The Hall–Kier alpha value is -4.50. The van der Waals surface area contributed by atoms with E-state index in [0.29, 0.717) is 45.8 Å². The van der Waals surface area contributed by atoms with Crippen molar-refractivity contribution >= 4 is 35.5 Å². The van der Waals surface area contributed by atoms with Gasteiger partial charge in [-0.15, -0.1) is 0 Å². The minimum atomic E-state index is -0.806. The number of hydrogen-bond donors (Lipinski definition) is 1. The second-order valence-electron chi connectivity index (χ2n) is 8.87. The van der Waals surface area contributed by atoms with Crippen LogP contribution < -0.4 is 24.3 Å². The van der Waals surface area contributed by atoms with E-state index in [1.165, 1.54) is 20.3 Å². The molecular formula is C30H29ClN2O7. The van der Waals surface area contributed by atoms with Crippen LogP contribution in [0.4, 0.5) is 4.79 Å². The van der Waals surface area contributed by atoms with Crippen molar-refractivity contribution in [2.24, 2.45) is 0 Å². The van der Waals surface area contributed by atoms with Crippen molar-refractivity contribution in [2.45, 2.75) is 26.5 Å². The van der Waals surface area contributed by atoms with E-state index in [-0.39, 0.29) is 18.7 Å². The van der Waals surface area contributed by atoms with Crippen molar-refractivity contribution in [3.63, 3.8) is 0 Å². The van der Waals surface area contributed by atoms with E-state index in [1.54, 1.807) is 48.5 Å². The third-order valence-electron chi connectivity index (χ3n) is 6.00. The van der Waals surface area contributed by atoms with Gasteiger partial charge in [0.05, 0.1) is 27.4 Å². The highest BCUT2D eigenvalue weighted by atomic mass is 35.5. The molecule has 9 nitrogen and oxygen atoms in total. The number of carbonyl (C=O) groups is 3. The molecule has 4 rings (SSSR count). The van der Waals surface area contributed by atoms with Gasteiger partial charge >= 0.3 is 6.03 Å². The minimum absolute atomic E-state index is 0.0701. The third-order valence-corrected chi connectivity index (χ3v) is 6.23. The summed E-state index contributed by atoms with van der Waals surface area (Å²) in [6, 6.07) is 16.7. The summed E-state index contributed by atoms with van der Waals surface area (Å²) in [5, 5.41) is 2.84. The number of nitrogens with zero attached hydrogens (tertiary/aromatic N) is 1. The largest absolute Gasteiger partial charge is 0.493 e. The van der Waals surface area contributed by atoms with Crippen LogP contribution in [0.5, 0.6) is 23.0 Å². The van der Waals surface area contributed by atoms with Crippen LogP contribution in [0.2, 0.25) is 5.02 Å². The second kappa shape index (κ2) is 13.0. The molecule has 1 heterocycles. The van der Waals surface area contributed by atoms with E-state index >= 15 is 0 Å². The monoisotopic (exact) mass is 564 g/mol. The number of methoxy groups -OCH3 is 2. The zero-order valence-electron chi connectivity index (χ0n) is 22.4. The van der Waals surface area contributed by atoms with Crippen molar-refractivity contribution in [3.8, 4) is 23.0 Å². The lowest BCUT2D eigenvalue weighted by atomic mass is 10.1. The Balaban J connectivity index is 1.53. The van der Waals surface area contributed by atoms with Crippen LogP contribution in [0.15, 0.2) is 66.2 Å². The molecule has 0 unspecified atom stereocenters. The van der Waals surface area contributed by atoms with Crippen molar-refractivity contribution in [1.82, 2.24) is 10.2 Å². The molecule has 0 aliphatic carbocycles. The fourth-order valence-electron chi connectivity index (χ4n) is 4.01. The number of rotatable bonds is 11. The predicted octanol–water partition coefficient (Wildman–Crippen LogP) is 5.39. The van der Waals surface area contributed by atoms with Gasteiger partial charge in [0.1, 0.15) is 12.2 Å². The Bertz CT molecular complexity index is 1450. The normalized spacial score (nSPS) is 14.2. The number of hydrogen-bond acceptors (Lipinski definition) is 7. The maximum Gasteiger partial charge on any atom is 0.331 e. The zero-order valence-corrected chi connectivity index (χ0v) is 23.1. The van der Waals surface area contributed by atoms with Gasteiger partial charge in [-0.2, -0.15) is 0 Å². The van der Waals surface area contributed by atoms with Gasteiger partial charge in [-0.05, 0) is 65.6 Å². The summed E-state index contributed by atoms with van der Waals surface area (Å²) in [4.78, 5) is 39.4. The molecule has 1 fully saturated rings. The molecule has 0 aromatic heterocycles. The molecule has 1 aliphatic heterocycles. The van der Waals surface area contributed by atoms with Gasteiger partial charge in [0.15, 0.2) is 23.0 Å². The first-order valence-electron chi connectivity index (χ1n) is 12.6. The van der Waals surface area contributed by atoms with Crippen LogP contribution in [0, 0.1) is 0 Å². The molecule has 3 aromatic carbocycles. The standard InChI is InChI=1S/C30H29ClN2O7/c1-4-12-39-24-11-9-20(16-27(24)38-3)17-33-29(35)23(28(34)32-30(33)36)14-19-8-10-25(26(15-19)37-2)40-18-21-6-5-7-22(31)13-21/h5-11,13-16H,4,12,17-18H2,1-3H3,(H,32,34,36)/b23-14+. The van der Waals surface area contributed by atoms with E-state index in [4.69, 9.17) is 30.5 Å². The van der Waals surface area contributed by atoms with E-state index < -0.39 is 17.8 Å². The van der Waals surface area contributed by atoms with E-state index in [9.17, 15) is 14.4 Å². The topological polar surface area (TPSA) is 103 Å². The molecule has 3 aromatic rings. The molecule has 0 atom stereocenters. The maximum atomic E-state index is 13.3. The third kappa shape index (κ3) is 6.73. The molecule has 1 N–H and O–H groups in total. The average molecular weight is 565 g/mol. The first-order valence-corrected chi connectivity index (χ1v) is 12.9. The summed E-state index contributed by atoms with van der Waals surface area (Å²) in [5.41, 5.74) is 1.83. The van der Waals surface area contributed by atoms with Crippen molar-refractivity contribution in [1.29, 1.82) is 0 Å². The first kappa shape index (κ1) is 28.5. The van der Waals surface area contributed by atoms with Crippen molar-refractivity contribution in [2.75, 3.05) is 20.8 Å². The Labute approximate surface area is 237 Å². The quantitative estimate of drug-likeness (QED) is 0.246. The lowest BCUT2D eigenvalue weighted by molar-refractivity contribution is -0.130. The molecule has 4 amide bonds. The fourth-order valence-corrected chi connectivity index (χ4v) is 4.22. The summed E-state index contributed by atoms with van der Waals surface area (Å²) in [7, 11) is 3.00. The van der Waals surface area contributed by atoms with Gasteiger partial charge in [0.25, 0.3) is 11.8 Å². The van der Waals surface area contributed by atoms with E-state index in [0.717, 1.165) is 16.9 Å². The fraction of sp³-hybridized carbons (Fsp3) is 0.233. The molecule has 208 valence electrons. The van der Waals surface area contributed by atoms with Gasteiger partial charge in [-0.3, -0.25) is 19.8 Å². The Morgan fingerprint density at radius 1 is 0.850 bits per heavy atom. The summed E-state index contributed by atoms with van der Waals surface area (Å²) >= 11 is 6.04. The number of imide groups is 2. The number of barbiturate groups is 1. The number of carbonyl (C=O) groups excluding carboxylic acids is 3. The molecule has 0 bridgehead atoms. The highest BCUT2D eigenvalue weighted by molar-refractivity contribution is 6.31. The number of halogens is 1. The number of urea groups is 1. The van der Waals surface area contributed by atoms with E-state index in [2.05, 4.69) is 5.32 Å². The number of ether oxygens (including phenoxy) is 4. The Kier molecular flexibility index (Phi) is 9.29. The smallest absolute Gasteiger partial charge is 0.331 e. The van der Waals surface area contributed by atoms with Crippen LogP contribution in [0.1, 0.15) is 30.0 Å². The molecular weight excluding hydrogens is 536 g/mol. The van der Waals surface area contributed by atoms with Gasteiger partial charge < -0.3 is 18.9 Å². The predicted molar refractivity (Wildman–Crippen MR) is 150 cm³/mol. The minimum Gasteiger partial charge on any atom is -0.493 e. The van der Waals surface area contributed by atoms with Gasteiger partial charge in [-0.1, -0.05) is 42.8 Å². The Morgan fingerprint density at radius 3 is 2.30 bits per heavy atom. The van der Waals surface area contributed by atoms with Gasteiger partial charge in [-0.25, -0.2) is 4.79 Å². The molecule has 1 saturated heterocycles. The summed E-state index contributed by atoms with van der Waals surface area (Å²) < 4.78 is 22.4. The SMILES string of the molecule is CCCOc1ccc(CN2C(=O)NC(=O)/C(=C\c3ccc(OCc4cccc(Cl)c4)c(OC)c3)C2=O)cc1OC. The molecule has 0 radical (unpaired) electrons. The highest BCUT2D eigenvalue weighted by Gasteiger charge is 2.35. The molecule has 1 aliphatic rings. The van der Waals surface area contributed by atoms with Crippen LogP contribution in [0.3, 0.4) is 0 Å². The van der Waals surface area contributed by atoms with E-state index in [1.807, 2.05) is 19.1 Å². The van der Waals surface area contributed by atoms with Crippen LogP contribution in [-0.4, -0.2) is 43.6 Å². The molecule has 40 heavy (non-hydrogen) atoms. The number of amides is 4. The number of nitrogens with one attached hydrogen (secondary N) is 1. The van der Waals surface area contributed by atoms with Gasteiger partial charge in [0, 0.05) is 5.02 Å². The van der Waals surface area contributed by atoms with Crippen LogP contribution >= 0.6 is 11.6 Å². The van der Waals surface area contributed by atoms with Crippen LogP contribution in [0.25, 0.3) is 6.08 Å². The first-order chi connectivity index (χ1) is 19.3. The second-order valence-corrected chi connectivity index (χ2v) is 9.31. The maximum absolute atomic E-state index is 13.3. The lowest BCUT2D eigenvalue weighted by Gasteiger charge is -2.26. The highest BCUT2D eigenvalue weighted by Crippen LogP contribution is 2.31. The Morgan fingerprint density at radius 2 is 1.57 bits per heavy atom. The molecule has 10 heteroatoms. The summed E-state index contributed by atoms with van der Waals surface area (Å²) in [6.07, 6.45) is 2.24. The average Bonchev–Trinajstić information content (AvgIpc) is 2.95. The summed E-state index contributed by atoms with van der Waals surface area (Å²) in [6.45, 7) is 2.72. The van der Waals surface area contributed by atoms with Crippen molar-refractivity contribution in [3.05, 3.63) is 87.9 Å². The van der Waals surface area contributed by atoms with Crippen molar-refractivity contribution < 1.29 is 33.3 Å².